The maximum Gasteiger partial charge on any atom is 0.244 e. The van der Waals surface area contributed by atoms with Gasteiger partial charge in [0.15, 0.2) is 0 Å². The highest BCUT2D eigenvalue weighted by atomic mass is 32.2. The quantitative estimate of drug-likeness (QED) is 0.822. The summed E-state index contributed by atoms with van der Waals surface area (Å²) >= 11 is 0. The lowest BCUT2D eigenvalue weighted by atomic mass is 10.2. The number of hydrogen-bond acceptors (Lipinski definition) is 4. The fourth-order valence-corrected chi connectivity index (χ4v) is 3.80. The van der Waals surface area contributed by atoms with Crippen LogP contribution in [0.25, 0.3) is 0 Å². The van der Waals surface area contributed by atoms with Crippen molar-refractivity contribution in [2.45, 2.75) is 25.7 Å². The first-order valence-corrected chi connectivity index (χ1v) is 8.75. The van der Waals surface area contributed by atoms with E-state index in [2.05, 4.69) is 14.9 Å². The number of H-pyrrole nitrogens is 1. The molecule has 0 aliphatic rings. The van der Waals surface area contributed by atoms with Gasteiger partial charge in [-0.3, -0.25) is 9.89 Å². The Hall–Kier alpha value is -2.26. The largest absolute Gasteiger partial charge is 0.311 e. The van der Waals surface area contributed by atoms with Gasteiger partial charge in [-0.05, 0) is 32.0 Å². The minimum absolute atomic E-state index is 0.0114. The molecule has 0 bridgehead atoms. The van der Waals surface area contributed by atoms with Crippen molar-refractivity contribution in [3.8, 4) is 0 Å². The number of rotatable bonds is 6. The molecule has 0 spiro atoms. The van der Waals surface area contributed by atoms with Crippen LogP contribution in [-0.4, -0.2) is 37.6 Å². The highest BCUT2D eigenvalue weighted by molar-refractivity contribution is 7.89. The van der Waals surface area contributed by atoms with Gasteiger partial charge in [-0.15, -0.1) is 0 Å². The molecule has 2 rings (SSSR count). The lowest BCUT2D eigenvalue weighted by Crippen LogP contribution is -2.37. The Morgan fingerprint density at radius 2 is 2.08 bits per heavy atom. The van der Waals surface area contributed by atoms with Crippen molar-refractivity contribution in [2.24, 2.45) is 0 Å². The van der Waals surface area contributed by atoms with Crippen molar-refractivity contribution in [2.75, 3.05) is 18.0 Å². The van der Waals surface area contributed by atoms with Gasteiger partial charge in [0.05, 0.1) is 11.4 Å². The average molecular weight is 354 g/mol. The van der Waals surface area contributed by atoms with Gasteiger partial charge < -0.3 is 4.90 Å². The van der Waals surface area contributed by atoms with Gasteiger partial charge in [0.1, 0.15) is 10.7 Å². The fraction of sp³-hybridized carbons (Fsp3) is 0.333. The lowest BCUT2D eigenvalue weighted by molar-refractivity contribution is -0.116. The molecule has 24 heavy (non-hydrogen) atoms. The molecule has 2 aromatic rings. The van der Waals surface area contributed by atoms with E-state index >= 15 is 0 Å². The van der Waals surface area contributed by atoms with E-state index in [9.17, 15) is 17.6 Å². The standard InChI is InChI=1S/C15H19FN4O3S/c1-10-15(11(2)19-18-10)24(22,23)17-7-8-20(12(3)21)14-6-4-5-13(16)9-14/h4-6,9,17H,7-8H2,1-3H3,(H,18,19). The first-order chi connectivity index (χ1) is 11.2. The summed E-state index contributed by atoms with van der Waals surface area (Å²) in [6.45, 7) is 4.61. The fourth-order valence-electron chi connectivity index (χ4n) is 2.41. The summed E-state index contributed by atoms with van der Waals surface area (Å²) in [5.74, 6) is -0.778. The Morgan fingerprint density at radius 3 is 2.62 bits per heavy atom. The van der Waals surface area contributed by atoms with Crippen molar-refractivity contribution in [1.82, 2.24) is 14.9 Å². The summed E-state index contributed by atoms with van der Waals surface area (Å²) in [6, 6.07) is 5.57. The van der Waals surface area contributed by atoms with Crippen molar-refractivity contribution in [1.29, 1.82) is 0 Å². The number of anilines is 1. The molecule has 1 heterocycles. The van der Waals surface area contributed by atoms with Crippen LogP contribution in [0.3, 0.4) is 0 Å². The zero-order valence-corrected chi connectivity index (χ0v) is 14.4. The Morgan fingerprint density at radius 1 is 1.38 bits per heavy atom. The molecule has 0 saturated carbocycles. The number of carbonyl (C=O) groups is 1. The summed E-state index contributed by atoms with van der Waals surface area (Å²) in [7, 11) is -3.75. The molecule has 1 aromatic heterocycles. The number of carbonyl (C=O) groups excluding carboxylic acids is 1. The van der Waals surface area contributed by atoms with Crippen LogP contribution in [0.5, 0.6) is 0 Å². The van der Waals surface area contributed by atoms with E-state index in [1.54, 1.807) is 19.9 Å². The molecule has 0 unspecified atom stereocenters. The number of benzene rings is 1. The van der Waals surface area contributed by atoms with E-state index in [0.29, 0.717) is 17.1 Å². The zero-order chi connectivity index (χ0) is 17.9. The molecule has 0 aliphatic carbocycles. The molecule has 0 saturated heterocycles. The molecule has 2 N–H and O–H groups in total. The minimum Gasteiger partial charge on any atom is -0.311 e. The molecule has 0 aliphatic heterocycles. The van der Waals surface area contributed by atoms with Crippen LogP contribution < -0.4 is 9.62 Å². The molecule has 130 valence electrons. The number of amides is 1. The first kappa shape index (κ1) is 18.1. The summed E-state index contributed by atoms with van der Waals surface area (Å²) in [6.07, 6.45) is 0. The third kappa shape index (κ3) is 3.98. The molecule has 1 amide bonds. The maximum absolute atomic E-state index is 13.3. The third-order valence-corrected chi connectivity index (χ3v) is 5.18. The third-order valence-electron chi connectivity index (χ3n) is 3.46. The molecule has 9 heteroatoms. The van der Waals surface area contributed by atoms with Crippen LogP contribution in [-0.2, 0) is 14.8 Å². The molecular weight excluding hydrogens is 335 g/mol. The smallest absolute Gasteiger partial charge is 0.244 e. The van der Waals surface area contributed by atoms with Crippen LogP contribution in [0.2, 0.25) is 0 Å². The number of aromatic nitrogens is 2. The van der Waals surface area contributed by atoms with Crippen LogP contribution in [0.1, 0.15) is 18.3 Å². The second-order valence-corrected chi connectivity index (χ2v) is 7.02. The molecule has 0 radical (unpaired) electrons. The second-order valence-electron chi connectivity index (χ2n) is 5.31. The predicted molar refractivity (Wildman–Crippen MR) is 87.7 cm³/mol. The maximum atomic E-state index is 13.3. The molecule has 1 aromatic carbocycles. The highest BCUT2D eigenvalue weighted by Crippen LogP contribution is 2.17. The van der Waals surface area contributed by atoms with Gasteiger partial charge in [0, 0.05) is 25.7 Å². The first-order valence-electron chi connectivity index (χ1n) is 7.27. The van der Waals surface area contributed by atoms with E-state index < -0.39 is 15.8 Å². The van der Waals surface area contributed by atoms with Gasteiger partial charge in [0.25, 0.3) is 0 Å². The van der Waals surface area contributed by atoms with Gasteiger partial charge in [-0.1, -0.05) is 6.07 Å². The monoisotopic (exact) mass is 354 g/mol. The van der Waals surface area contributed by atoms with E-state index in [4.69, 9.17) is 0 Å². The number of aryl methyl sites for hydroxylation is 2. The van der Waals surface area contributed by atoms with Gasteiger partial charge in [-0.25, -0.2) is 17.5 Å². The SMILES string of the molecule is CC(=O)N(CCNS(=O)(=O)c1c(C)n[nH]c1C)c1cccc(F)c1. The minimum atomic E-state index is -3.75. The number of nitrogens with one attached hydrogen (secondary N) is 2. The predicted octanol–water partition coefficient (Wildman–Crippen LogP) is 1.50. The summed E-state index contributed by atoms with van der Waals surface area (Å²) < 4.78 is 40.4. The number of hydrogen-bond donors (Lipinski definition) is 2. The van der Waals surface area contributed by atoms with E-state index in [0.717, 1.165) is 0 Å². The molecule has 7 nitrogen and oxygen atoms in total. The second kappa shape index (κ2) is 7.10. The summed E-state index contributed by atoms with van der Waals surface area (Å²) in [4.78, 5) is 13.2. The Labute approximate surface area is 139 Å². The number of halogens is 1. The van der Waals surface area contributed by atoms with Gasteiger partial charge in [0.2, 0.25) is 15.9 Å². The van der Waals surface area contributed by atoms with Crippen molar-refractivity contribution < 1.29 is 17.6 Å². The van der Waals surface area contributed by atoms with Crippen LogP contribution >= 0.6 is 0 Å². The normalized spacial score (nSPS) is 11.5. The van der Waals surface area contributed by atoms with Crippen LogP contribution in [0.4, 0.5) is 10.1 Å². The topological polar surface area (TPSA) is 95.2 Å². The molecule has 0 fully saturated rings. The number of aromatic amines is 1. The number of nitrogens with zero attached hydrogens (tertiary/aromatic N) is 2. The van der Waals surface area contributed by atoms with Crippen molar-refractivity contribution in [3.63, 3.8) is 0 Å². The Balaban J connectivity index is 2.10. The zero-order valence-electron chi connectivity index (χ0n) is 13.6. The van der Waals surface area contributed by atoms with E-state index in [1.165, 1.54) is 30.0 Å². The van der Waals surface area contributed by atoms with Gasteiger partial charge >= 0.3 is 0 Å². The van der Waals surface area contributed by atoms with Crippen LogP contribution in [0.15, 0.2) is 29.2 Å². The summed E-state index contributed by atoms with van der Waals surface area (Å²) in [5.41, 5.74) is 1.18. The Kier molecular flexibility index (Phi) is 5.35. The molecule has 0 atom stereocenters. The summed E-state index contributed by atoms with van der Waals surface area (Å²) in [5, 5.41) is 6.48. The number of sulfonamides is 1. The van der Waals surface area contributed by atoms with E-state index in [-0.39, 0.29) is 23.9 Å². The lowest BCUT2D eigenvalue weighted by Gasteiger charge is -2.21. The van der Waals surface area contributed by atoms with Crippen LogP contribution in [0, 0.1) is 19.7 Å². The average Bonchev–Trinajstić information content (AvgIpc) is 2.83. The van der Waals surface area contributed by atoms with E-state index in [1.807, 2.05) is 0 Å². The van der Waals surface area contributed by atoms with Crippen molar-refractivity contribution in [3.05, 3.63) is 41.5 Å². The Bertz CT molecular complexity index is 829. The molecular formula is C15H19FN4O3S. The van der Waals surface area contributed by atoms with Gasteiger partial charge in [-0.2, -0.15) is 5.10 Å². The highest BCUT2D eigenvalue weighted by Gasteiger charge is 2.22. The van der Waals surface area contributed by atoms with Crippen molar-refractivity contribution >= 4 is 21.6 Å².